The third kappa shape index (κ3) is 2.38. The van der Waals surface area contributed by atoms with Crippen LogP contribution >= 0.6 is 0 Å². The van der Waals surface area contributed by atoms with Crippen molar-refractivity contribution in [2.24, 2.45) is 0 Å². The van der Waals surface area contributed by atoms with Crippen LogP contribution in [0.5, 0.6) is 5.75 Å². The summed E-state index contributed by atoms with van der Waals surface area (Å²) in [6, 6.07) is 3.40. The molecule has 18 heavy (non-hydrogen) atoms. The highest BCUT2D eigenvalue weighted by Gasteiger charge is 2.40. The highest BCUT2D eigenvalue weighted by Crippen LogP contribution is 2.35. The maximum absolute atomic E-state index is 12.0. The van der Waals surface area contributed by atoms with Crippen molar-refractivity contribution in [2.75, 3.05) is 5.32 Å². The van der Waals surface area contributed by atoms with Gasteiger partial charge in [-0.05, 0) is 31.4 Å². The van der Waals surface area contributed by atoms with Gasteiger partial charge in [0.15, 0.2) is 0 Å². The molecule has 2 bridgehead atoms. The van der Waals surface area contributed by atoms with Gasteiger partial charge in [0.05, 0.1) is 24.4 Å². The van der Waals surface area contributed by atoms with Gasteiger partial charge in [-0.2, -0.15) is 8.78 Å². The Bertz CT molecular complexity index is 413. The molecule has 1 N–H and O–H groups in total. The van der Waals surface area contributed by atoms with E-state index in [4.69, 9.17) is 4.74 Å². The fourth-order valence-corrected chi connectivity index (χ4v) is 2.62. The molecule has 2 aliphatic heterocycles. The predicted molar refractivity (Wildman–Crippen MR) is 60.8 cm³/mol. The van der Waals surface area contributed by atoms with Gasteiger partial charge < -0.3 is 14.8 Å². The quantitative estimate of drug-likeness (QED) is 0.898. The predicted octanol–water partition coefficient (Wildman–Crippen LogP) is 2.41. The lowest BCUT2D eigenvalue weighted by Crippen LogP contribution is -2.30. The van der Waals surface area contributed by atoms with E-state index in [1.165, 1.54) is 12.3 Å². The molecule has 0 spiro atoms. The van der Waals surface area contributed by atoms with Crippen LogP contribution in [0.25, 0.3) is 0 Å². The minimum atomic E-state index is -2.82. The zero-order valence-corrected chi connectivity index (χ0v) is 9.68. The molecule has 98 valence electrons. The van der Waals surface area contributed by atoms with Crippen molar-refractivity contribution in [2.45, 2.75) is 44.1 Å². The van der Waals surface area contributed by atoms with Crippen LogP contribution in [0.2, 0.25) is 0 Å². The van der Waals surface area contributed by atoms with Crippen LogP contribution in [0.15, 0.2) is 18.3 Å². The zero-order valence-electron chi connectivity index (χ0n) is 9.68. The van der Waals surface area contributed by atoms with Crippen molar-refractivity contribution in [1.29, 1.82) is 0 Å². The van der Waals surface area contributed by atoms with Crippen LogP contribution in [0.4, 0.5) is 14.6 Å². The Labute approximate surface area is 103 Å². The normalized spacial score (nSPS) is 29.8. The Kier molecular flexibility index (Phi) is 3.03. The van der Waals surface area contributed by atoms with Crippen LogP contribution in [-0.4, -0.2) is 29.8 Å². The third-order valence-corrected chi connectivity index (χ3v) is 3.40. The van der Waals surface area contributed by atoms with Gasteiger partial charge in [-0.25, -0.2) is 4.98 Å². The molecule has 1 aromatic heterocycles. The fraction of sp³-hybridized carbons (Fsp3) is 0.583. The number of ether oxygens (including phenoxy) is 2. The summed E-state index contributed by atoms with van der Waals surface area (Å²) >= 11 is 0. The maximum atomic E-state index is 12.0. The van der Waals surface area contributed by atoms with Crippen LogP contribution in [-0.2, 0) is 4.74 Å². The Balaban J connectivity index is 1.60. The first kappa shape index (κ1) is 11.6. The van der Waals surface area contributed by atoms with Crippen molar-refractivity contribution in [3.8, 4) is 5.75 Å². The van der Waals surface area contributed by atoms with Crippen LogP contribution in [0, 0.1) is 0 Å². The Morgan fingerprint density at radius 3 is 2.83 bits per heavy atom. The van der Waals surface area contributed by atoms with Crippen LogP contribution < -0.4 is 10.1 Å². The summed E-state index contributed by atoms with van der Waals surface area (Å²) in [6.07, 6.45) is 5.12. The van der Waals surface area contributed by atoms with Gasteiger partial charge >= 0.3 is 6.61 Å². The van der Waals surface area contributed by atoms with Crippen molar-refractivity contribution in [3.63, 3.8) is 0 Å². The highest BCUT2D eigenvalue weighted by molar-refractivity contribution is 5.39. The molecule has 0 radical (unpaired) electrons. The second kappa shape index (κ2) is 4.68. The monoisotopic (exact) mass is 256 g/mol. The number of fused-ring (bicyclic) bond motifs is 2. The lowest BCUT2D eigenvalue weighted by atomic mass is 9.95. The summed E-state index contributed by atoms with van der Waals surface area (Å²) in [5.74, 6) is 0.734. The number of hydrogen-bond acceptors (Lipinski definition) is 4. The number of alkyl halides is 2. The molecule has 2 fully saturated rings. The second-order valence-electron chi connectivity index (χ2n) is 4.62. The van der Waals surface area contributed by atoms with Crippen molar-refractivity contribution in [3.05, 3.63) is 18.3 Å². The molecular weight excluding hydrogens is 242 g/mol. The number of hydrogen-bond donors (Lipinski definition) is 1. The molecule has 3 heterocycles. The van der Waals surface area contributed by atoms with E-state index >= 15 is 0 Å². The number of rotatable bonds is 4. The summed E-state index contributed by atoms with van der Waals surface area (Å²) in [6.45, 7) is -2.82. The number of pyridine rings is 1. The lowest BCUT2D eigenvalue weighted by Gasteiger charge is -2.20. The summed E-state index contributed by atoms with van der Waals surface area (Å²) in [4.78, 5) is 4.05. The number of nitrogens with zero attached hydrogens (tertiary/aromatic N) is 1. The molecule has 3 atom stereocenters. The van der Waals surface area contributed by atoms with E-state index in [2.05, 4.69) is 15.0 Å². The van der Waals surface area contributed by atoms with Gasteiger partial charge in [-0.1, -0.05) is 0 Å². The molecule has 1 aromatic rings. The molecule has 0 saturated carbocycles. The molecule has 3 rings (SSSR count). The van der Waals surface area contributed by atoms with Gasteiger partial charge in [0, 0.05) is 0 Å². The molecule has 0 unspecified atom stereocenters. The van der Waals surface area contributed by atoms with E-state index < -0.39 is 6.61 Å². The van der Waals surface area contributed by atoms with E-state index in [0.29, 0.717) is 11.9 Å². The first-order chi connectivity index (χ1) is 8.70. The molecule has 2 aliphatic rings. The maximum Gasteiger partial charge on any atom is 0.387 e. The summed E-state index contributed by atoms with van der Waals surface area (Å²) in [7, 11) is 0. The second-order valence-corrected chi connectivity index (χ2v) is 4.62. The van der Waals surface area contributed by atoms with Gasteiger partial charge in [-0.3, -0.25) is 0 Å². The van der Waals surface area contributed by atoms with Crippen LogP contribution in [0.1, 0.15) is 19.3 Å². The molecular formula is C12H14F2N2O2. The van der Waals surface area contributed by atoms with Crippen LogP contribution in [0.3, 0.4) is 0 Å². The van der Waals surface area contributed by atoms with E-state index in [1.807, 2.05) is 0 Å². The van der Waals surface area contributed by atoms with Gasteiger partial charge in [-0.15, -0.1) is 0 Å². The first-order valence-electron chi connectivity index (χ1n) is 6.03. The largest absolute Gasteiger partial charge is 0.433 e. The standard InChI is InChI=1S/C12H14F2N2O2/c13-12(14)18-8-2-4-11(15-6-8)16-9-5-7-1-3-10(9)17-7/h2,4,6-7,9-10,12H,1,3,5H2,(H,15,16)/t7-,9+,10+/m1/s1. The summed E-state index contributed by atoms with van der Waals surface area (Å²) in [5, 5.41) is 3.27. The molecule has 4 nitrogen and oxygen atoms in total. The minimum Gasteiger partial charge on any atom is -0.433 e. The Morgan fingerprint density at radius 2 is 2.28 bits per heavy atom. The number of halogens is 2. The van der Waals surface area contributed by atoms with Gasteiger partial charge in [0.1, 0.15) is 11.6 Å². The van der Waals surface area contributed by atoms with Gasteiger partial charge in [0.25, 0.3) is 0 Å². The average molecular weight is 256 g/mol. The molecule has 0 amide bonds. The van der Waals surface area contributed by atoms with Crippen molar-refractivity contribution < 1.29 is 18.3 Å². The van der Waals surface area contributed by atoms with E-state index in [9.17, 15) is 8.78 Å². The third-order valence-electron chi connectivity index (χ3n) is 3.40. The molecule has 0 aromatic carbocycles. The van der Waals surface area contributed by atoms with E-state index in [0.717, 1.165) is 19.3 Å². The smallest absolute Gasteiger partial charge is 0.387 e. The summed E-state index contributed by atoms with van der Waals surface area (Å²) < 4.78 is 33.9. The summed E-state index contributed by atoms with van der Waals surface area (Å²) in [5.41, 5.74) is 0. The first-order valence-corrected chi connectivity index (χ1v) is 6.03. The number of aromatic nitrogens is 1. The highest BCUT2D eigenvalue weighted by atomic mass is 19.3. The Hall–Kier alpha value is -1.43. The van der Waals surface area contributed by atoms with Crippen molar-refractivity contribution in [1.82, 2.24) is 4.98 Å². The van der Waals surface area contributed by atoms with E-state index in [1.54, 1.807) is 6.07 Å². The van der Waals surface area contributed by atoms with E-state index in [-0.39, 0.29) is 17.9 Å². The lowest BCUT2D eigenvalue weighted by molar-refractivity contribution is -0.0500. The molecule has 2 saturated heterocycles. The topological polar surface area (TPSA) is 43.4 Å². The number of nitrogens with one attached hydrogen (secondary N) is 1. The molecule has 0 aliphatic carbocycles. The SMILES string of the molecule is FC(F)Oc1ccc(N[C@H]2C[C@H]3CC[C@@H]2O3)nc1. The van der Waals surface area contributed by atoms with Gasteiger partial charge in [0.2, 0.25) is 0 Å². The molecule has 6 heteroatoms. The number of anilines is 1. The van der Waals surface area contributed by atoms with Crippen molar-refractivity contribution >= 4 is 5.82 Å². The Morgan fingerprint density at radius 1 is 1.39 bits per heavy atom. The zero-order chi connectivity index (χ0) is 12.5. The minimum absolute atomic E-state index is 0.0692. The fourth-order valence-electron chi connectivity index (χ4n) is 2.62. The average Bonchev–Trinajstić information content (AvgIpc) is 2.93.